The Labute approximate surface area is 137 Å². The summed E-state index contributed by atoms with van der Waals surface area (Å²) in [4.78, 5) is 37.5. The summed E-state index contributed by atoms with van der Waals surface area (Å²) in [5.41, 5.74) is -1.03. The van der Waals surface area contributed by atoms with Gasteiger partial charge in [0.1, 0.15) is 12.2 Å². The number of aryl methyl sites for hydroxylation is 1. The molecule has 134 valence electrons. The lowest BCUT2D eigenvalue weighted by atomic mass is 10.1. The number of aliphatic hydroxyl groups is 2. The van der Waals surface area contributed by atoms with Crippen molar-refractivity contribution in [1.29, 1.82) is 0 Å². The molecule has 3 N–H and O–H groups in total. The molecule has 2 rings (SSSR count). The van der Waals surface area contributed by atoms with E-state index in [2.05, 4.69) is 4.98 Å². The number of rotatable bonds is 6. The molecule has 0 bridgehead atoms. The van der Waals surface area contributed by atoms with Gasteiger partial charge in [0.15, 0.2) is 12.3 Å². The van der Waals surface area contributed by atoms with Crippen molar-refractivity contribution in [1.82, 2.24) is 9.55 Å². The SMILES string of the molecule is CCCCC(=O)O[C@@H]1[C@H](O)[C@@H](CO)O[C@H]1n1cc(C)c(=O)[nH]c1=O. The van der Waals surface area contributed by atoms with E-state index in [0.717, 1.165) is 11.0 Å². The van der Waals surface area contributed by atoms with Crippen LogP contribution >= 0.6 is 0 Å². The van der Waals surface area contributed by atoms with Gasteiger partial charge in [0.25, 0.3) is 5.56 Å². The van der Waals surface area contributed by atoms with Crippen LogP contribution in [-0.2, 0) is 14.3 Å². The smallest absolute Gasteiger partial charge is 0.330 e. The van der Waals surface area contributed by atoms with E-state index < -0.39 is 48.4 Å². The van der Waals surface area contributed by atoms with E-state index in [-0.39, 0.29) is 12.0 Å². The van der Waals surface area contributed by atoms with Gasteiger partial charge < -0.3 is 19.7 Å². The van der Waals surface area contributed by atoms with Crippen molar-refractivity contribution in [3.05, 3.63) is 32.6 Å². The summed E-state index contributed by atoms with van der Waals surface area (Å²) in [7, 11) is 0. The lowest BCUT2D eigenvalue weighted by molar-refractivity contribution is -0.159. The number of carbonyl (C=O) groups is 1. The first kappa shape index (κ1) is 18.4. The van der Waals surface area contributed by atoms with Gasteiger partial charge in [0.2, 0.25) is 0 Å². The summed E-state index contributed by atoms with van der Waals surface area (Å²) < 4.78 is 11.8. The van der Waals surface area contributed by atoms with Gasteiger partial charge in [-0.05, 0) is 13.3 Å². The first-order valence-corrected chi connectivity index (χ1v) is 7.85. The largest absolute Gasteiger partial charge is 0.455 e. The number of hydrogen-bond donors (Lipinski definition) is 3. The Bertz CT molecular complexity index is 696. The molecule has 0 aliphatic carbocycles. The minimum atomic E-state index is -1.29. The molecular weight excluding hydrogens is 320 g/mol. The van der Waals surface area contributed by atoms with Crippen LogP contribution < -0.4 is 11.2 Å². The molecule has 1 aliphatic rings. The maximum atomic E-state index is 12.0. The molecule has 9 heteroatoms. The second-order valence-electron chi connectivity index (χ2n) is 5.77. The lowest BCUT2D eigenvalue weighted by Gasteiger charge is -2.22. The number of aromatic nitrogens is 2. The topological polar surface area (TPSA) is 131 Å². The highest BCUT2D eigenvalue weighted by Gasteiger charge is 2.47. The number of aromatic amines is 1. The Morgan fingerprint density at radius 2 is 2.17 bits per heavy atom. The quantitative estimate of drug-likeness (QED) is 0.577. The first-order valence-electron chi connectivity index (χ1n) is 7.85. The third-order valence-electron chi connectivity index (χ3n) is 3.91. The van der Waals surface area contributed by atoms with Crippen LogP contribution in [-0.4, -0.2) is 50.7 Å². The fourth-order valence-electron chi connectivity index (χ4n) is 2.53. The summed E-state index contributed by atoms with van der Waals surface area (Å²) >= 11 is 0. The van der Waals surface area contributed by atoms with Gasteiger partial charge in [-0.25, -0.2) is 4.79 Å². The number of hydrogen-bond acceptors (Lipinski definition) is 7. The van der Waals surface area contributed by atoms with Crippen LogP contribution in [0.2, 0.25) is 0 Å². The molecule has 0 spiro atoms. The van der Waals surface area contributed by atoms with E-state index >= 15 is 0 Å². The van der Waals surface area contributed by atoms with Crippen molar-refractivity contribution in [2.24, 2.45) is 0 Å². The second kappa shape index (κ2) is 7.73. The molecule has 1 saturated heterocycles. The van der Waals surface area contributed by atoms with Gasteiger partial charge in [0.05, 0.1) is 6.61 Å². The van der Waals surface area contributed by atoms with Crippen LogP contribution in [0.4, 0.5) is 0 Å². The van der Waals surface area contributed by atoms with Crippen molar-refractivity contribution in [3.8, 4) is 0 Å². The maximum absolute atomic E-state index is 12.0. The number of esters is 1. The van der Waals surface area contributed by atoms with Crippen molar-refractivity contribution < 1.29 is 24.5 Å². The number of aliphatic hydroxyl groups excluding tert-OH is 2. The number of ether oxygens (including phenoxy) is 2. The van der Waals surface area contributed by atoms with Crippen molar-refractivity contribution in [3.63, 3.8) is 0 Å². The predicted molar refractivity (Wildman–Crippen MR) is 82.5 cm³/mol. The highest BCUT2D eigenvalue weighted by Crippen LogP contribution is 2.31. The van der Waals surface area contributed by atoms with Crippen LogP contribution in [0.1, 0.15) is 38.0 Å². The van der Waals surface area contributed by atoms with E-state index in [9.17, 15) is 24.6 Å². The molecule has 24 heavy (non-hydrogen) atoms. The number of H-pyrrole nitrogens is 1. The summed E-state index contributed by atoms with van der Waals surface area (Å²) in [6.07, 6.45) is -1.70. The van der Waals surface area contributed by atoms with Crippen molar-refractivity contribution in [2.45, 2.75) is 57.6 Å². The molecule has 4 atom stereocenters. The van der Waals surface area contributed by atoms with E-state index in [0.29, 0.717) is 6.42 Å². The molecule has 0 saturated carbocycles. The van der Waals surface area contributed by atoms with E-state index in [4.69, 9.17) is 9.47 Å². The fraction of sp³-hybridized carbons (Fsp3) is 0.667. The third kappa shape index (κ3) is 3.74. The van der Waals surface area contributed by atoms with Gasteiger partial charge in [-0.2, -0.15) is 0 Å². The van der Waals surface area contributed by atoms with E-state index in [1.807, 2.05) is 6.92 Å². The lowest BCUT2D eigenvalue weighted by Crippen LogP contribution is -2.41. The Balaban J connectivity index is 2.31. The number of unbranched alkanes of at least 4 members (excludes halogenated alkanes) is 1. The Kier molecular flexibility index (Phi) is 5.92. The second-order valence-corrected chi connectivity index (χ2v) is 5.77. The minimum Gasteiger partial charge on any atom is -0.455 e. The Morgan fingerprint density at radius 3 is 2.79 bits per heavy atom. The molecule has 1 aromatic rings. The highest BCUT2D eigenvalue weighted by atomic mass is 16.6. The highest BCUT2D eigenvalue weighted by molar-refractivity contribution is 5.69. The monoisotopic (exact) mass is 342 g/mol. The molecule has 2 heterocycles. The predicted octanol–water partition coefficient (Wildman–Crippen LogP) is -0.802. The summed E-state index contributed by atoms with van der Waals surface area (Å²) in [5.74, 6) is -0.526. The minimum absolute atomic E-state index is 0.176. The third-order valence-corrected chi connectivity index (χ3v) is 3.91. The van der Waals surface area contributed by atoms with Crippen LogP contribution in [0.3, 0.4) is 0 Å². The van der Waals surface area contributed by atoms with Crippen LogP contribution in [0.25, 0.3) is 0 Å². The molecule has 0 amide bonds. The van der Waals surface area contributed by atoms with Crippen molar-refractivity contribution >= 4 is 5.97 Å². The van der Waals surface area contributed by atoms with Gasteiger partial charge in [-0.15, -0.1) is 0 Å². The van der Waals surface area contributed by atoms with Crippen LogP contribution in [0, 0.1) is 6.92 Å². The molecule has 0 radical (unpaired) electrons. The molecular formula is C15H22N2O7. The molecule has 1 fully saturated rings. The Hall–Kier alpha value is -1.97. The summed E-state index contributed by atoms with van der Waals surface area (Å²) in [5, 5.41) is 19.5. The van der Waals surface area contributed by atoms with Gasteiger partial charge in [-0.3, -0.25) is 19.1 Å². The average molecular weight is 342 g/mol. The average Bonchev–Trinajstić information content (AvgIpc) is 2.85. The van der Waals surface area contributed by atoms with E-state index in [1.54, 1.807) is 0 Å². The van der Waals surface area contributed by atoms with Gasteiger partial charge in [0, 0.05) is 18.2 Å². The Morgan fingerprint density at radius 1 is 1.46 bits per heavy atom. The number of nitrogens with one attached hydrogen (secondary N) is 1. The molecule has 9 nitrogen and oxygen atoms in total. The molecule has 1 aliphatic heterocycles. The summed E-state index contributed by atoms with van der Waals surface area (Å²) in [6.45, 7) is 2.93. The summed E-state index contributed by atoms with van der Waals surface area (Å²) in [6, 6.07) is 0. The van der Waals surface area contributed by atoms with E-state index in [1.165, 1.54) is 13.1 Å². The fourth-order valence-corrected chi connectivity index (χ4v) is 2.53. The first-order chi connectivity index (χ1) is 11.4. The molecule has 0 aromatic carbocycles. The zero-order valence-electron chi connectivity index (χ0n) is 13.6. The van der Waals surface area contributed by atoms with Crippen LogP contribution in [0.15, 0.2) is 15.8 Å². The maximum Gasteiger partial charge on any atom is 0.330 e. The normalized spacial score (nSPS) is 26.5. The van der Waals surface area contributed by atoms with Gasteiger partial charge >= 0.3 is 11.7 Å². The molecule has 0 unspecified atom stereocenters. The number of nitrogens with zero attached hydrogens (tertiary/aromatic N) is 1. The van der Waals surface area contributed by atoms with Gasteiger partial charge in [-0.1, -0.05) is 13.3 Å². The zero-order chi connectivity index (χ0) is 17.9. The van der Waals surface area contributed by atoms with Crippen LogP contribution in [0.5, 0.6) is 0 Å². The molecule has 1 aromatic heterocycles. The standard InChI is InChI=1S/C15H22N2O7/c1-3-4-5-10(19)24-12-11(20)9(7-18)23-14(12)17-6-8(2)13(21)16-15(17)22/h6,9,11-12,14,18,20H,3-5,7H2,1-2H3,(H,16,21,22)/t9-,11-,12-,14-/m1/s1. The zero-order valence-corrected chi connectivity index (χ0v) is 13.6. The number of carbonyl (C=O) groups excluding carboxylic acids is 1. The van der Waals surface area contributed by atoms with Crippen molar-refractivity contribution in [2.75, 3.05) is 6.61 Å².